The van der Waals surface area contributed by atoms with Crippen molar-refractivity contribution in [2.24, 2.45) is 0 Å². The van der Waals surface area contributed by atoms with Crippen molar-refractivity contribution in [3.05, 3.63) is 95.2 Å². The second kappa shape index (κ2) is 9.05. The highest BCUT2D eigenvalue weighted by Gasteiger charge is 2.41. The number of aryl methyl sites for hydroxylation is 1. The van der Waals surface area contributed by atoms with Gasteiger partial charge in [-0.05, 0) is 49.7 Å². The molecular formula is C26H21F3N2O3. The van der Waals surface area contributed by atoms with E-state index in [9.17, 15) is 22.8 Å². The molecule has 0 saturated carbocycles. The number of amides is 2. The van der Waals surface area contributed by atoms with Crippen LogP contribution in [-0.2, 0) is 15.8 Å². The van der Waals surface area contributed by atoms with E-state index in [1.165, 1.54) is 12.1 Å². The standard InChI is InChI=1S/C26H21F3N2O3/c1-3-34-21-9-5-7-19(15-21)30-23-22(17-12-10-16(2)11-13-17)24(32)31(25(23)33)20-8-4-6-18(14-20)26(27,28)29/h4-15,30H,3H2,1-2H3. The first kappa shape index (κ1) is 23.1. The number of imide groups is 1. The lowest BCUT2D eigenvalue weighted by atomic mass is 10.0. The molecule has 1 heterocycles. The van der Waals surface area contributed by atoms with Crippen LogP contribution in [0.4, 0.5) is 24.5 Å². The SMILES string of the molecule is CCOc1cccc(NC2=C(c3ccc(C)cc3)C(=O)N(c3cccc(C(F)(F)F)c3)C2=O)c1. The summed E-state index contributed by atoms with van der Waals surface area (Å²) in [5.41, 5.74) is 0.862. The Hall–Kier alpha value is -4.07. The smallest absolute Gasteiger partial charge is 0.416 e. The number of anilines is 2. The summed E-state index contributed by atoms with van der Waals surface area (Å²) >= 11 is 0. The molecule has 34 heavy (non-hydrogen) atoms. The molecule has 0 radical (unpaired) electrons. The highest BCUT2D eigenvalue weighted by atomic mass is 19.4. The third-order valence-corrected chi connectivity index (χ3v) is 5.27. The van der Waals surface area contributed by atoms with E-state index in [-0.39, 0.29) is 17.0 Å². The quantitative estimate of drug-likeness (QED) is 0.466. The third-order valence-electron chi connectivity index (χ3n) is 5.27. The van der Waals surface area contributed by atoms with Gasteiger partial charge < -0.3 is 10.1 Å². The van der Waals surface area contributed by atoms with E-state index < -0.39 is 23.6 Å². The number of halogens is 3. The van der Waals surface area contributed by atoms with Crippen LogP contribution in [0.2, 0.25) is 0 Å². The predicted molar refractivity (Wildman–Crippen MR) is 123 cm³/mol. The average molecular weight is 466 g/mol. The lowest BCUT2D eigenvalue weighted by Crippen LogP contribution is -2.32. The minimum absolute atomic E-state index is 0.0279. The summed E-state index contributed by atoms with van der Waals surface area (Å²) in [6.45, 7) is 4.17. The minimum atomic E-state index is -4.62. The zero-order chi connectivity index (χ0) is 24.5. The number of hydrogen-bond acceptors (Lipinski definition) is 4. The van der Waals surface area contributed by atoms with Gasteiger partial charge in [-0.1, -0.05) is 42.0 Å². The maximum Gasteiger partial charge on any atom is 0.416 e. The molecule has 0 bridgehead atoms. The van der Waals surface area contributed by atoms with E-state index in [1.54, 1.807) is 48.5 Å². The second-order valence-corrected chi connectivity index (χ2v) is 7.70. The number of carbonyl (C=O) groups excluding carboxylic acids is 2. The summed E-state index contributed by atoms with van der Waals surface area (Å²) in [7, 11) is 0. The van der Waals surface area contributed by atoms with Crippen molar-refractivity contribution in [2.75, 3.05) is 16.8 Å². The van der Waals surface area contributed by atoms with Crippen molar-refractivity contribution in [2.45, 2.75) is 20.0 Å². The molecule has 4 rings (SSSR count). The van der Waals surface area contributed by atoms with Crippen LogP contribution in [0.25, 0.3) is 5.57 Å². The van der Waals surface area contributed by atoms with Gasteiger partial charge in [0.2, 0.25) is 0 Å². The molecule has 5 nitrogen and oxygen atoms in total. The van der Waals surface area contributed by atoms with Crippen LogP contribution in [0, 0.1) is 6.92 Å². The number of nitrogens with zero attached hydrogens (tertiary/aromatic N) is 1. The molecule has 0 spiro atoms. The topological polar surface area (TPSA) is 58.6 Å². The Balaban J connectivity index is 1.80. The maximum atomic E-state index is 13.4. The van der Waals surface area contributed by atoms with E-state index in [1.807, 2.05) is 13.8 Å². The molecule has 0 atom stereocenters. The number of alkyl halides is 3. The lowest BCUT2D eigenvalue weighted by molar-refractivity contribution is -0.137. The Morgan fingerprint density at radius 3 is 2.29 bits per heavy atom. The zero-order valence-electron chi connectivity index (χ0n) is 18.4. The zero-order valence-corrected chi connectivity index (χ0v) is 18.4. The number of benzene rings is 3. The van der Waals surface area contributed by atoms with Crippen LogP contribution in [0.1, 0.15) is 23.6 Å². The Morgan fingerprint density at radius 1 is 0.912 bits per heavy atom. The summed E-state index contributed by atoms with van der Waals surface area (Å²) < 4.78 is 45.3. The van der Waals surface area contributed by atoms with Gasteiger partial charge in [0.1, 0.15) is 11.4 Å². The van der Waals surface area contributed by atoms with Crippen LogP contribution in [0.5, 0.6) is 5.75 Å². The molecule has 3 aromatic carbocycles. The number of hydrogen-bond donors (Lipinski definition) is 1. The van der Waals surface area contributed by atoms with Crippen molar-refractivity contribution < 1.29 is 27.5 Å². The van der Waals surface area contributed by atoms with Crippen LogP contribution >= 0.6 is 0 Å². The number of carbonyl (C=O) groups is 2. The fourth-order valence-corrected chi connectivity index (χ4v) is 3.66. The van der Waals surface area contributed by atoms with E-state index in [0.29, 0.717) is 23.6 Å². The van der Waals surface area contributed by atoms with Gasteiger partial charge in [0, 0.05) is 11.8 Å². The Kier molecular flexibility index (Phi) is 6.15. The predicted octanol–water partition coefficient (Wildman–Crippen LogP) is 5.81. The molecule has 1 aliphatic heterocycles. The largest absolute Gasteiger partial charge is 0.494 e. The number of nitrogens with one attached hydrogen (secondary N) is 1. The van der Waals surface area contributed by atoms with Crippen LogP contribution in [0.15, 0.2) is 78.5 Å². The van der Waals surface area contributed by atoms with Crippen molar-refractivity contribution in [1.29, 1.82) is 0 Å². The van der Waals surface area contributed by atoms with Crippen molar-refractivity contribution in [1.82, 2.24) is 0 Å². The maximum absolute atomic E-state index is 13.4. The third kappa shape index (κ3) is 4.52. The van der Waals surface area contributed by atoms with Crippen LogP contribution in [0.3, 0.4) is 0 Å². The van der Waals surface area contributed by atoms with Gasteiger partial charge in [-0.15, -0.1) is 0 Å². The molecule has 2 amide bonds. The summed E-state index contributed by atoms with van der Waals surface area (Å²) in [5, 5.41) is 2.99. The molecule has 0 fully saturated rings. The molecule has 3 aromatic rings. The molecule has 8 heteroatoms. The minimum Gasteiger partial charge on any atom is -0.494 e. The van der Waals surface area contributed by atoms with E-state index in [4.69, 9.17) is 4.74 Å². The molecule has 1 N–H and O–H groups in total. The molecule has 0 aliphatic carbocycles. The summed E-state index contributed by atoms with van der Waals surface area (Å²) in [5.74, 6) is -0.894. The fraction of sp³-hybridized carbons (Fsp3) is 0.154. The lowest BCUT2D eigenvalue weighted by Gasteiger charge is -2.17. The Bertz CT molecular complexity index is 1280. The summed E-state index contributed by atoms with van der Waals surface area (Å²) in [4.78, 5) is 27.6. The van der Waals surface area contributed by atoms with E-state index in [0.717, 1.165) is 22.6 Å². The molecule has 0 unspecified atom stereocenters. The van der Waals surface area contributed by atoms with Crippen molar-refractivity contribution >= 4 is 28.8 Å². The monoisotopic (exact) mass is 466 g/mol. The first-order valence-corrected chi connectivity index (χ1v) is 10.6. The number of rotatable bonds is 6. The van der Waals surface area contributed by atoms with E-state index in [2.05, 4.69) is 5.32 Å². The van der Waals surface area contributed by atoms with Gasteiger partial charge in [-0.2, -0.15) is 13.2 Å². The fourth-order valence-electron chi connectivity index (χ4n) is 3.66. The van der Waals surface area contributed by atoms with E-state index >= 15 is 0 Å². The Labute approximate surface area is 194 Å². The molecule has 0 saturated heterocycles. The van der Waals surface area contributed by atoms with Crippen molar-refractivity contribution in [3.8, 4) is 5.75 Å². The Morgan fingerprint density at radius 2 is 1.62 bits per heavy atom. The van der Waals surface area contributed by atoms with Crippen LogP contribution < -0.4 is 15.0 Å². The normalized spacial score (nSPS) is 14.1. The van der Waals surface area contributed by atoms with Crippen LogP contribution in [-0.4, -0.2) is 18.4 Å². The van der Waals surface area contributed by atoms with Crippen molar-refractivity contribution in [3.63, 3.8) is 0 Å². The van der Waals surface area contributed by atoms with Gasteiger partial charge >= 0.3 is 6.18 Å². The first-order chi connectivity index (χ1) is 16.2. The molecule has 174 valence electrons. The first-order valence-electron chi connectivity index (χ1n) is 10.6. The van der Waals surface area contributed by atoms with Gasteiger partial charge in [-0.25, -0.2) is 4.90 Å². The molecule has 1 aliphatic rings. The van der Waals surface area contributed by atoms with Gasteiger partial charge in [0.05, 0.1) is 23.4 Å². The summed E-state index contributed by atoms with van der Waals surface area (Å²) in [6, 6.07) is 18.0. The number of ether oxygens (including phenoxy) is 1. The second-order valence-electron chi connectivity index (χ2n) is 7.70. The highest BCUT2D eigenvalue weighted by molar-refractivity contribution is 6.46. The van der Waals surface area contributed by atoms with Gasteiger partial charge in [0.25, 0.3) is 11.8 Å². The van der Waals surface area contributed by atoms with Gasteiger partial charge in [0.15, 0.2) is 0 Å². The summed E-state index contributed by atoms with van der Waals surface area (Å²) in [6.07, 6.45) is -4.62. The van der Waals surface area contributed by atoms with Gasteiger partial charge in [-0.3, -0.25) is 9.59 Å². The molecular weight excluding hydrogens is 445 g/mol. The average Bonchev–Trinajstić information content (AvgIpc) is 3.04. The highest BCUT2D eigenvalue weighted by Crippen LogP contribution is 2.37. The molecule has 0 aromatic heterocycles.